The fourth-order valence-electron chi connectivity index (χ4n) is 10.5. The van der Waals surface area contributed by atoms with Crippen LogP contribution in [-0.4, -0.2) is 10.3 Å². The zero-order valence-corrected chi connectivity index (χ0v) is 33.2. The maximum atomic E-state index is 6.17. The van der Waals surface area contributed by atoms with E-state index in [1.54, 1.807) is 0 Å². The van der Waals surface area contributed by atoms with Crippen LogP contribution in [0, 0.1) is 5.92 Å². The molecule has 0 amide bonds. The number of fused-ring (bicyclic) bond motifs is 15. The SMILES string of the molecule is C1=C(/c2ccc3ccccc3c2)C2Cc3ccc4c5cc6ccccc6cc5n(c4c3)-c3ccc4c(sc5ccccc54)c3C2/N=C(/c2ccc3ccccc3c2)CC/1. The average molecular weight is 771 g/mol. The lowest BCUT2D eigenvalue weighted by atomic mass is 9.77. The maximum absolute atomic E-state index is 6.17. The lowest BCUT2D eigenvalue weighted by molar-refractivity contribution is 0.535. The molecule has 0 radical (unpaired) electrons. The van der Waals surface area contributed by atoms with E-state index < -0.39 is 0 Å². The topological polar surface area (TPSA) is 17.3 Å². The van der Waals surface area contributed by atoms with Crippen molar-refractivity contribution in [2.45, 2.75) is 25.3 Å². The molecule has 2 unspecified atom stereocenters. The molecular weight excluding hydrogens is 733 g/mol. The van der Waals surface area contributed by atoms with E-state index in [0.717, 1.165) is 19.3 Å². The minimum atomic E-state index is -0.163. The summed E-state index contributed by atoms with van der Waals surface area (Å²) in [5, 5.41) is 12.8. The summed E-state index contributed by atoms with van der Waals surface area (Å²) in [6, 6.07) is 66.0. The first-order valence-electron chi connectivity index (χ1n) is 20.9. The van der Waals surface area contributed by atoms with Gasteiger partial charge in [-0.05, 0) is 116 Å². The van der Waals surface area contributed by atoms with E-state index in [-0.39, 0.29) is 12.0 Å². The number of benzene rings is 9. The summed E-state index contributed by atoms with van der Waals surface area (Å²) in [4.78, 5) is 6.17. The van der Waals surface area contributed by atoms with Gasteiger partial charge in [-0.25, -0.2) is 0 Å². The first kappa shape index (κ1) is 33.2. The van der Waals surface area contributed by atoms with Crippen LogP contribution in [0.3, 0.4) is 0 Å². The molecule has 0 saturated heterocycles. The second kappa shape index (κ2) is 12.8. The molecule has 59 heavy (non-hydrogen) atoms. The van der Waals surface area contributed by atoms with Crippen molar-refractivity contribution in [3.05, 3.63) is 204 Å². The summed E-state index contributed by atoms with van der Waals surface area (Å²) >= 11 is 1.94. The molecule has 2 aromatic heterocycles. The number of allylic oxidation sites excluding steroid dienone is 1. The van der Waals surface area contributed by atoms with Crippen molar-refractivity contribution in [3.8, 4) is 5.69 Å². The van der Waals surface area contributed by atoms with Crippen molar-refractivity contribution >= 4 is 96.9 Å². The van der Waals surface area contributed by atoms with E-state index in [2.05, 4.69) is 187 Å². The van der Waals surface area contributed by atoms with Gasteiger partial charge in [-0.15, -0.1) is 11.3 Å². The predicted molar refractivity (Wildman–Crippen MR) is 253 cm³/mol. The highest BCUT2D eigenvalue weighted by molar-refractivity contribution is 7.26. The Morgan fingerprint density at radius 2 is 1.15 bits per heavy atom. The predicted octanol–water partition coefficient (Wildman–Crippen LogP) is 15.2. The van der Waals surface area contributed by atoms with Crippen molar-refractivity contribution in [3.63, 3.8) is 0 Å². The van der Waals surface area contributed by atoms with Crippen LogP contribution in [0.4, 0.5) is 0 Å². The fourth-order valence-corrected chi connectivity index (χ4v) is 11.7. The Morgan fingerprint density at radius 3 is 1.95 bits per heavy atom. The fraction of sp³-hybridized carbons (Fsp3) is 0.0893. The van der Waals surface area contributed by atoms with E-state index in [1.165, 1.54) is 114 Å². The van der Waals surface area contributed by atoms with Crippen molar-refractivity contribution in [1.29, 1.82) is 0 Å². The number of thiophene rings is 1. The molecule has 0 N–H and O–H groups in total. The van der Waals surface area contributed by atoms with Gasteiger partial charge in [0, 0.05) is 48.1 Å². The molecule has 0 spiro atoms. The van der Waals surface area contributed by atoms with Crippen molar-refractivity contribution in [1.82, 2.24) is 4.57 Å². The van der Waals surface area contributed by atoms with Crippen LogP contribution < -0.4 is 0 Å². The summed E-state index contributed by atoms with van der Waals surface area (Å²) < 4.78 is 5.24. The second-order valence-electron chi connectivity index (χ2n) is 16.5. The summed E-state index contributed by atoms with van der Waals surface area (Å²) in [6.45, 7) is 0. The van der Waals surface area contributed by atoms with Gasteiger partial charge in [0.2, 0.25) is 0 Å². The number of aromatic nitrogens is 1. The third-order valence-corrected chi connectivity index (χ3v) is 14.5. The number of rotatable bonds is 2. The van der Waals surface area contributed by atoms with Gasteiger partial charge in [0.05, 0.1) is 22.8 Å². The van der Waals surface area contributed by atoms with Crippen LogP contribution in [0.25, 0.3) is 85.6 Å². The first-order valence-corrected chi connectivity index (χ1v) is 21.7. The molecule has 0 saturated carbocycles. The van der Waals surface area contributed by atoms with Crippen molar-refractivity contribution in [2.24, 2.45) is 10.9 Å². The third kappa shape index (κ3) is 5.14. The van der Waals surface area contributed by atoms with E-state index in [9.17, 15) is 0 Å². The van der Waals surface area contributed by atoms with Gasteiger partial charge in [0.15, 0.2) is 0 Å². The molecule has 9 aromatic carbocycles. The van der Waals surface area contributed by atoms with Crippen LogP contribution >= 0.6 is 11.3 Å². The molecule has 2 bridgehead atoms. The minimum Gasteiger partial charge on any atom is -0.309 e. The minimum absolute atomic E-state index is 0.0793. The van der Waals surface area contributed by atoms with Crippen LogP contribution in [0.5, 0.6) is 0 Å². The van der Waals surface area contributed by atoms with E-state index in [4.69, 9.17) is 4.99 Å². The summed E-state index contributed by atoms with van der Waals surface area (Å²) in [5.74, 6) is 0.0793. The molecule has 2 aliphatic heterocycles. The van der Waals surface area contributed by atoms with Crippen LogP contribution in [-0.2, 0) is 6.42 Å². The number of nitrogens with zero attached hydrogens (tertiary/aromatic N) is 2. The molecule has 0 fully saturated rings. The van der Waals surface area contributed by atoms with Crippen LogP contribution in [0.15, 0.2) is 187 Å². The van der Waals surface area contributed by atoms with E-state index in [0.29, 0.717) is 0 Å². The van der Waals surface area contributed by atoms with Gasteiger partial charge in [0.25, 0.3) is 0 Å². The lowest BCUT2D eigenvalue weighted by Gasteiger charge is -2.32. The standard InChI is InChI=1S/C56H38N2S/c1-3-12-37-30-41(23-21-35(37)10-1)43-17-9-18-49(42-24-22-36-11-2-4-13-38(36)31-42)57-55-48(43)28-34-20-25-44-47-32-39-14-5-6-15-40(39)33-52(47)58(51(44)29-34)50-27-26-46-45-16-7-8-19-53(45)59-56(46)54(50)55/h1-8,10-17,19-27,29-33,48,55H,9,18,28H2/b43-17-,57-49+. The van der Waals surface area contributed by atoms with Crippen molar-refractivity contribution < 1.29 is 0 Å². The van der Waals surface area contributed by atoms with Crippen LogP contribution in [0.1, 0.15) is 41.1 Å². The highest BCUT2D eigenvalue weighted by Gasteiger charge is 2.35. The monoisotopic (exact) mass is 770 g/mol. The van der Waals surface area contributed by atoms with Gasteiger partial charge in [0.1, 0.15) is 0 Å². The molecule has 2 aliphatic rings. The molecule has 2 atom stereocenters. The highest BCUT2D eigenvalue weighted by atomic mass is 32.1. The number of hydrogen-bond acceptors (Lipinski definition) is 2. The van der Waals surface area contributed by atoms with Gasteiger partial charge < -0.3 is 4.57 Å². The Kier molecular flexibility index (Phi) is 7.23. The molecule has 2 nitrogen and oxygen atoms in total. The van der Waals surface area contributed by atoms with Gasteiger partial charge in [-0.1, -0.05) is 140 Å². The lowest BCUT2D eigenvalue weighted by Crippen LogP contribution is -2.21. The Labute approximate surface area is 346 Å². The maximum Gasteiger partial charge on any atom is 0.0858 e. The highest BCUT2D eigenvalue weighted by Crippen LogP contribution is 2.51. The Bertz CT molecular complexity index is 3620. The van der Waals surface area contributed by atoms with Gasteiger partial charge in [-0.2, -0.15) is 0 Å². The molecule has 278 valence electrons. The summed E-state index contributed by atoms with van der Waals surface area (Å²) in [7, 11) is 0. The van der Waals surface area contributed by atoms with Crippen molar-refractivity contribution in [2.75, 3.05) is 0 Å². The zero-order valence-electron chi connectivity index (χ0n) is 32.4. The largest absolute Gasteiger partial charge is 0.309 e. The third-order valence-electron chi connectivity index (χ3n) is 13.2. The van der Waals surface area contributed by atoms with Crippen LogP contribution in [0.2, 0.25) is 0 Å². The van der Waals surface area contributed by atoms with Gasteiger partial charge >= 0.3 is 0 Å². The molecule has 11 aromatic rings. The molecular formula is C56H38N2S. The Morgan fingerprint density at radius 1 is 0.508 bits per heavy atom. The molecule has 13 rings (SSSR count). The normalized spacial score (nSPS) is 18.6. The zero-order chi connectivity index (χ0) is 38.6. The number of hydrogen-bond donors (Lipinski definition) is 0. The smallest absolute Gasteiger partial charge is 0.0858 e. The Hall–Kier alpha value is -6.81. The van der Waals surface area contributed by atoms with Gasteiger partial charge in [-0.3, -0.25) is 4.99 Å². The number of aliphatic imine (C=N–C) groups is 1. The summed E-state index contributed by atoms with van der Waals surface area (Å²) in [6.07, 6.45) is 5.24. The average Bonchev–Trinajstić information content (AvgIpc) is 3.81. The summed E-state index contributed by atoms with van der Waals surface area (Å²) in [5.41, 5.74) is 11.5. The van der Waals surface area contributed by atoms with E-state index >= 15 is 0 Å². The van der Waals surface area contributed by atoms with E-state index in [1.807, 2.05) is 11.3 Å². The molecule has 3 heteroatoms. The first-order chi connectivity index (χ1) is 29.2. The Balaban J connectivity index is 1.16. The second-order valence-corrected chi connectivity index (χ2v) is 17.6. The quantitative estimate of drug-likeness (QED) is 0.167. The molecule has 0 aliphatic carbocycles. The molecule has 4 heterocycles.